The molecular formula is C14H20N2O3. The van der Waals surface area contributed by atoms with Crippen LogP contribution < -0.4 is 5.32 Å². The number of nitrogens with one attached hydrogen (secondary N) is 1. The van der Waals surface area contributed by atoms with Crippen LogP contribution in [0.25, 0.3) is 0 Å². The molecule has 2 amide bonds. The fourth-order valence-corrected chi connectivity index (χ4v) is 1.80. The molecule has 0 atom stereocenters. The van der Waals surface area contributed by atoms with Crippen LogP contribution >= 0.6 is 0 Å². The van der Waals surface area contributed by atoms with Gasteiger partial charge in [0.05, 0.1) is 0 Å². The van der Waals surface area contributed by atoms with Gasteiger partial charge in [-0.05, 0) is 18.9 Å². The zero-order chi connectivity index (χ0) is 14.3. The Hall–Kier alpha value is -2.04. The molecule has 0 aliphatic heterocycles. The van der Waals surface area contributed by atoms with Gasteiger partial charge in [0.25, 0.3) is 0 Å². The molecule has 19 heavy (non-hydrogen) atoms. The third-order valence-electron chi connectivity index (χ3n) is 2.63. The average Bonchev–Trinajstić information content (AvgIpc) is 2.35. The second-order valence-corrected chi connectivity index (χ2v) is 4.46. The third-order valence-corrected chi connectivity index (χ3v) is 2.63. The Kier molecular flexibility index (Phi) is 5.85. The van der Waals surface area contributed by atoms with Crippen LogP contribution in [0, 0.1) is 6.92 Å². The zero-order valence-corrected chi connectivity index (χ0v) is 11.3. The quantitative estimate of drug-likeness (QED) is 0.825. The van der Waals surface area contributed by atoms with Gasteiger partial charge in [0.2, 0.25) is 0 Å². The number of urea groups is 1. The highest BCUT2D eigenvalue weighted by atomic mass is 16.4. The molecule has 0 spiro atoms. The van der Waals surface area contributed by atoms with Crippen LogP contribution in [0.15, 0.2) is 24.3 Å². The summed E-state index contributed by atoms with van der Waals surface area (Å²) in [6, 6.07) is 7.48. The van der Waals surface area contributed by atoms with Crippen LogP contribution in [-0.2, 0) is 11.3 Å². The van der Waals surface area contributed by atoms with Crippen molar-refractivity contribution >= 4 is 12.0 Å². The van der Waals surface area contributed by atoms with Crippen molar-refractivity contribution in [2.75, 3.05) is 13.1 Å². The van der Waals surface area contributed by atoms with Crippen LogP contribution in [0.5, 0.6) is 0 Å². The Morgan fingerprint density at radius 1 is 1.37 bits per heavy atom. The Balaban J connectivity index is 2.54. The lowest BCUT2D eigenvalue weighted by Gasteiger charge is -2.20. The molecular weight excluding hydrogens is 244 g/mol. The Labute approximate surface area is 113 Å². The lowest BCUT2D eigenvalue weighted by molar-refractivity contribution is -0.137. The first-order valence-corrected chi connectivity index (χ1v) is 6.33. The standard InChI is InChI=1S/C14H20N2O3/c1-3-7-16(10-13(17)18)14(19)15-9-12-6-4-5-11(2)8-12/h4-6,8H,3,7,9-10H2,1-2H3,(H,15,19)(H,17,18). The van der Waals surface area contributed by atoms with Crippen molar-refractivity contribution in [2.45, 2.75) is 26.8 Å². The van der Waals surface area contributed by atoms with Gasteiger partial charge in [-0.3, -0.25) is 4.79 Å². The topological polar surface area (TPSA) is 69.6 Å². The molecule has 2 N–H and O–H groups in total. The van der Waals surface area contributed by atoms with Gasteiger partial charge in [0.1, 0.15) is 6.54 Å². The highest BCUT2D eigenvalue weighted by Gasteiger charge is 2.15. The van der Waals surface area contributed by atoms with E-state index < -0.39 is 5.97 Å². The minimum atomic E-state index is -1.00. The van der Waals surface area contributed by atoms with E-state index in [-0.39, 0.29) is 12.6 Å². The van der Waals surface area contributed by atoms with E-state index in [0.29, 0.717) is 13.1 Å². The van der Waals surface area contributed by atoms with Crippen molar-refractivity contribution in [3.8, 4) is 0 Å². The van der Waals surface area contributed by atoms with Crippen LogP contribution in [0.1, 0.15) is 24.5 Å². The fourth-order valence-electron chi connectivity index (χ4n) is 1.80. The van der Waals surface area contributed by atoms with Gasteiger partial charge in [-0.15, -0.1) is 0 Å². The number of carbonyl (C=O) groups is 2. The van der Waals surface area contributed by atoms with E-state index >= 15 is 0 Å². The van der Waals surface area contributed by atoms with Gasteiger partial charge in [-0.2, -0.15) is 0 Å². The molecule has 104 valence electrons. The SMILES string of the molecule is CCCN(CC(=O)O)C(=O)NCc1cccc(C)c1. The highest BCUT2D eigenvalue weighted by Crippen LogP contribution is 2.03. The summed E-state index contributed by atoms with van der Waals surface area (Å²) in [6.45, 7) is 4.46. The number of amides is 2. The zero-order valence-electron chi connectivity index (χ0n) is 11.3. The third kappa shape index (κ3) is 5.42. The van der Waals surface area contributed by atoms with Crippen LogP contribution in [0.2, 0.25) is 0 Å². The highest BCUT2D eigenvalue weighted by molar-refractivity contribution is 5.80. The summed E-state index contributed by atoms with van der Waals surface area (Å²) in [5.41, 5.74) is 2.13. The maximum atomic E-state index is 11.9. The minimum Gasteiger partial charge on any atom is -0.480 e. The van der Waals surface area contributed by atoms with E-state index in [4.69, 9.17) is 5.11 Å². The van der Waals surface area contributed by atoms with E-state index in [1.807, 2.05) is 38.1 Å². The maximum absolute atomic E-state index is 11.9. The van der Waals surface area contributed by atoms with Gasteiger partial charge in [0, 0.05) is 13.1 Å². The van der Waals surface area contributed by atoms with E-state index in [2.05, 4.69) is 5.32 Å². The number of nitrogens with zero attached hydrogens (tertiary/aromatic N) is 1. The number of benzene rings is 1. The molecule has 1 aromatic carbocycles. The molecule has 0 unspecified atom stereocenters. The van der Waals surface area contributed by atoms with Crippen molar-refractivity contribution in [1.82, 2.24) is 10.2 Å². The number of hydrogen-bond acceptors (Lipinski definition) is 2. The van der Waals surface area contributed by atoms with Gasteiger partial charge in [-0.25, -0.2) is 4.79 Å². The molecule has 0 aromatic heterocycles. The molecule has 0 aliphatic carbocycles. The molecule has 0 aliphatic rings. The predicted molar refractivity (Wildman–Crippen MR) is 72.9 cm³/mol. The summed E-state index contributed by atoms with van der Waals surface area (Å²) in [5.74, 6) is -1.00. The first kappa shape index (κ1) is 15.0. The van der Waals surface area contributed by atoms with Gasteiger partial charge >= 0.3 is 12.0 Å². The smallest absolute Gasteiger partial charge is 0.323 e. The lowest BCUT2D eigenvalue weighted by atomic mass is 10.1. The molecule has 0 saturated carbocycles. The van der Waals surface area contributed by atoms with Crippen molar-refractivity contribution in [1.29, 1.82) is 0 Å². The van der Waals surface area contributed by atoms with Crippen molar-refractivity contribution in [2.24, 2.45) is 0 Å². The number of rotatable bonds is 6. The van der Waals surface area contributed by atoms with Crippen LogP contribution in [-0.4, -0.2) is 35.1 Å². The molecule has 1 aromatic rings. The minimum absolute atomic E-state index is 0.270. The molecule has 5 heteroatoms. The summed E-state index contributed by atoms with van der Waals surface area (Å²) in [6.07, 6.45) is 0.727. The molecule has 5 nitrogen and oxygen atoms in total. The van der Waals surface area contributed by atoms with Crippen molar-refractivity contribution in [3.05, 3.63) is 35.4 Å². The van der Waals surface area contributed by atoms with Gasteiger partial charge in [-0.1, -0.05) is 36.8 Å². The van der Waals surface area contributed by atoms with E-state index in [0.717, 1.165) is 17.5 Å². The summed E-state index contributed by atoms with van der Waals surface area (Å²) >= 11 is 0. The number of aryl methyl sites for hydroxylation is 1. The normalized spacial score (nSPS) is 10.0. The summed E-state index contributed by atoms with van der Waals surface area (Å²) in [7, 11) is 0. The fraction of sp³-hybridized carbons (Fsp3) is 0.429. The van der Waals surface area contributed by atoms with Crippen LogP contribution in [0.4, 0.5) is 4.79 Å². The first-order valence-electron chi connectivity index (χ1n) is 6.33. The van der Waals surface area contributed by atoms with E-state index in [1.165, 1.54) is 4.90 Å². The Bertz CT molecular complexity index is 446. The molecule has 0 fully saturated rings. The largest absolute Gasteiger partial charge is 0.480 e. The second-order valence-electron chi connectivity index (χ2n) is 4.46. The maximum Gasteiger partial charge on any atom is 0.323 e. The first-order chi connectivity index (χ1) is 9.02. The van der Waals surface area contributed by atoms with E-state index in [9.17, 15) is 9.59 Å². The molecule has 0 saturated heterocycles. The summed E-state index contributed by atoms with van der Waals surface area (Å²) < 4.78 is 0. The molecule has 0 bridgehead atoms. The average molecular weight is 264 g/mol. The molecule has 1 rings (SSSR count). The van der Waals surface area contributed by atoms with Crippen LogP contribution in [0.3, 0.4) is 0 Å². The van der Waals surface area contributed by atoms with Crippen molar-refractivity contribution < 1.29 is 14.7 Å². The Morgan fingerprint density at radius 2 is 2.11 bits per heavy atom. The number of carbonyl (C=O) groups excluding carboxylic acids is 1. The van der Waals surface area contributed by atoms with Gasteiger partial charge in [0.15, 0.2) is 0 Å². The number of carboxylic acid groups (broad SMARTS) is 1. The number of aliphatic carboxylic acids is 1. The predicted octanol–water partition coefficient (Wildman–Crippen LogP) is 2.00. The number of carboxylic acids is 1. The Morgan fingerprint density at radius 3 is 2.68 bits per heavy atom. The molecule has 0 radical (unpaired) electrons. The monoisotopic (exact) mass is 264 g/mol. The lowest BCUT2D eigenvalue weighted by Crippen LogP contribution is -2.42. The van der Waals surface area contributed by atoms with E-state index in [1.54, 1.807) is 0 Å². The van der Waals surface area contributed by atoms with Crippen molar-refractivity contribution in [3.63, 3.8) is 0 Å². The summed E-state index contributed by atoms with van der Waals surface area (Å²) in [5, 5.41) is 11.5. The second kappa shape index (κ2) is 7.41. The summed E-state index contributed by atoms with van der Waals surface area (Å²) in [4.78, 5) is 23.9. The number of hydrogen-bond donors (Lipinski definition) is 2. The van der Waals surface area contributed by atoms with Gasteiger partial charge < -0.3 is 15.3 Å². The molecule has 0 heterocycles.